The molecule has 0 spiro atoms. The first-order chi connectivity index (χ1) is 9.98. The molecule has 0 heteroatoms. The molecule has 0 amide bonds. The smallest absolute Gasteiger partial charge is 0.0159 e. The summed E-state index contributed by atoms with van der Waals surface area (Å²) in [6.07, 6.45) is 6.68. The van der Waals surface area contributed by atoms with E-state index in [4.69, 9.17) is 0 Å². The Kier molecular flexibility index (Phi) is 6.71. The molecule has 118 valence electrons. The van der Waals surface area contributed by atoms with E-state index in [-0.39, 0.29) is 0 Å². The second kappa shape index (κ2) is 7.82. The minimum atomic E-state index is 0.641. The number of hydrogen-bond acceptors (Lipinski definition) is 0. The van der Waals surface area contributed by atoms with Gasteiger partial charge in [0.1, 0.15) is 0 Å². The molecule has 0 heterocycles. The van der Waals surface area contributed by atoms with Crippen LogP contribution in [0.5, 0.6) is 0 Å². The van der Waals surface area contributed by atoms with Crippen LogP contribution in [0.1, 0.15) is 87.3 Å². The molecular weight excluding hydrogens is 252 g/mol. The van der Waals surface area contributed by atoms with Crippen LogP contribution in [0.3, 0.4) is 0 Å². The van der Waals surface area contributed by atoms with E-state index in [1.807, 2.05) is 0 Å². The minimum Gasteiger partial charge on any atom is -0.0984 e. The number of rotatable bonds is 7. The summed E-state index contributed by atoms with van der Waals surface area (Å²) in [5, 5.41) is 0. The van der Waals surface area contributed by atoms with Crippen molar-refractivity contribution < 1.29 is 0 Å². The van der Waals surface area contributed by atoms with E-state index >= 15 is 0 Å². The van der Waals surface area contributed by atoms with Crippen molar-refractivity contribution in [1.82, 2.24) is 0 Å². The lowest BCUT2D eigenvalue weighted by molar-refractivity contribution is 0.467. The van der Waals surface area contributed by atoms with Gasteiger partial charge >= 0.3 is 0 Å². The third-order valence-corrected chi connectivity index (χ3v) is 5.41. The highest BCUT2D eigenvalue weighted by molar-refractivity contribution is 5.64. The molecule has 0 bridgehead atoms. The molecule has 0 aliphatic heterocycles. The fourth-order valence-corrected chi connectivity index (χ4v) is 3.83. The molecule has 21 heavy (non-hydrogen) atoms. The van der Waals surface area contributed by atoms with Gasteiger partial charge in [-0.1, -0.05) is 60.6 Å². The van der Waals surface area contributed by atoms with Crippen molar-refractivity contribution in [3.63, 3.8) is 0 Å². The van der Waals surface area contributed by atoms with E-state index in [0.717, 1.165) is 25.2 Å². The molecule has 0 fully saturated rings. The lowest BCUT2D eigenvalue weighted by Gasteiger charge is -2.29. The zero-order valence-electron chi connectivity index (χ0n) is 15.3. The number of hydrogen-bond donors (Lipinski definition) is 0. The van der Waals surface area contributed by atoms with Crippen LogP contribution in [-0.2, 0) is 19.3 Å². The Bertz CT molecular complexity index is 493. The van der Waals surface area contributed by atoms with Gasteiger partial charge < -0.3 is 0 Å². The first-order valence-electron chi connectivity index (χ1n) is 8.77. The predicted octanol–water partition coefficient (Wildman–Crippen LogP) is 6.47. The van der Waals surface area contributed by atoms with E-state index in [2.05, 4.69) is 61.1 Å². The highest BCUT2D eigenvalue weighted by atomic mass is 14.3. The second-order valence-electron chi connectivity index (χ2n) is 6.33. The average Bonchev–Trinajstić information content (AvgIpc) is 2.51. The lowest BCUT2D eigenvalue weighted by atomic mass is 9.76. The predicted molar refractivity (Wildman–Crippen MR) is 97.3 cm³/mol. The minimum absolute atomic E-state index is 0.641. The zero-order valence-corrected chi connectivity index (χ0v) is 15.3. The molecule has 2 unspecified atom stereocenters. The van der Waals surface area contributed by atoms with Gasteiger partial charge in [0.05, 0.1) is 0 Å². The molecular formula is C21H34. The average molecular weight is 287 g/mol. The van der Waals surface area contributed by atoms with Gasteiger partial charge in [-0.15, -0.1) is 0 Å². The van der Waals surface area contributed by atoms with E-state index < -0.39 is 0 Å². The molecule has 1 aromatic rings. The van der Waals surface area contributed by atoms with Crippen molar-refractivity contribution in [1.29, 1.82) is 0 Å². The maximum atomic E-state index is 4.08. The van der Waals surface area contributed by atoms with Crippen LogP contribution in [0.2, 0.25) is 0 Å². The summed E-state index contributed by atoms with van der Waals surface area (Å²) in [5.74, 6) is 1.38. The number of benzene rings is 1. The zero-order chi connectivity index (χ0) is 16.2. The molecule has 0 saturated carbocycles. The Hall–Kier alpha value is -1.04. The summed E-state index contributed by atoms with van der Waals surface area (Å²) in [5.41, 5.74) is 9.22. The molecule has 2 atom stereocenters. The standard InChI is InChI=1S/C21H34/c1-9-14(6)15(7)21-18(11-3)16(8)17(10-2)19(12-4)20(21)13-5/h10,14-15H,2,9,11-13H2,1,3-8H3. The summed E-state index contributed by atoms with van der Waals surface area (Å²) in [6.45, 7) is 20.4. The highest BCUT2D eigenvalue weighted by Crippen LogP contribution is 2.38. The quantitative estimate of drug-likeness (QED) is 0.538. The Morgan fingerprint density at radius 3 is 1.81 bits per heavy atom. The van der Waals surface area contributed by atoms with Gasteiger partial charge in [-0.25, -0.2) is 0 Å². The van der Waals surface area contributed by atoms with E-state index in [1.165, 1.54) is 23.1 Å². The molecule has 0 saturated heterocycles. The fraction of sp³-hybridized carbons (Fsp3) is 0.619. The molecule has 1 rings (SSSR count). The Balaban J connectivity index is 3.75. The van der Waals surface area contributed by atoms with E-state index in [1.54, 1.807) is 16.7 Å². The maximum Gasteiger partial charge on any atom is -0.0159 e. The highest BCUT2D eigenvalue weighted by Gasteiger charge is 2.23. The lowest BCUT2D eigenvalue weighted by Crippen LogP contribution is -2.15. The normalized spacial score (nSPS) is 14.0. The Morgan fingerprint density at radius 2 is 1.43 bits per heavy atom. The van der Waals surface area contributed by atoms with Crippen molar-refractivity contribution in [2.24, 2.45) is 5.92 Å². The van der Waals surface area contributed by atoms with Crippen LogP contribution in [0.25, 0.3) is 6.08 Å². The fourth-order valence-electron chi connectivity index (χ4n) is 3.83. The topological polar surface area (TPSA) is 0 Å². The first-order valence-corrected chi connectivity index (χ1v) is 8.77. The van der Waals surface area contributed by atoms with Crippen molar-refractivity contribution in [2.45, 2.75) is 80.1 Å². The molecule has 0 aliphatic carbocycles. The summed E-state index contributed by atoms with van der Waals surface area (Å²) in [6, 6.07) is 0. The third-order valence-electron chi connectivity index (χ3n) is 5.41. The van der Waals surface area contributed by atoms with Gasteiger partial charge in [-0.2, -0.15) is 0 Å². The van der Waals surface area contributed by atoms with Crippen molar-refractivity contribution in [2.75, 3.05) is 0 Å². The largest absolute Gasteiger partial charge is 0.0984 e. The van der Waals surface area contributed by atoms with E-state index in [0.29, 0.717) is 5.92 Å². The van der Waals surface area contributed by atoms with Crippen molar-refractivity contribution in [3.05, 3.63) is 40.0 Å². The van der Waals surface area contributed by atoms with Gasteiger partial charge in [0.2, 0.25) is 0 Å². The molecule has 0 aliphatic rings. The van der Waals surface area contributed by atoms with Crippen molar-refractivity contribution in [3.8, 4) is 0 Å². The van der Waals surface area contributed by atoms with Gasteiger partial charge in [-0.3, -0.25) is 0 Å². The molecule has 0 N–H and O–H groups in total. The van der Waals surface area contributed by atoms with Crippen LogP contribution in [0.4, 0.5) is 0 Å². The van der Waals surface area contributed by atoms with Gasteiger partial charge in [0.15, 0.2) is 0 Å². The van der Waals surface area contributed by atoms with Gasteiger partial charge in [0, 0.05) is 0 Å². The van der Waals surface area contributed by atoms with Crippen LogP contribution >= 0.6 is 0 Å². The van der Waals surface area contributed by atoms with Crippen molar-refractivity contribution >= 4 is 6.08 Å². The van der Waals surface area contributed by atoms with Crippen LogP contribution in [0.15, 0.2) is 6.58 Å². The molecule has 1 aromatic carbocycles. The van der Waals surface area contributed by atoms with Gasteiger partial charge in [-0.05, 0) is 71.4 Å². The maximum absolute atomic E-state index is 4.08. The summed E-state index contributed by atoms with van der Waals surface area (Å²) < 4.78 is 0. The molecule has 0 nitrogen and oxygen atoms in total. The third kappa shape index (κ3) is 3.25. The van der Waals surface area contributed by atoms with Gasteiger partial charge in [0.25, 0.3) is 0 Å². The van der Waals surface area contributed by atoms with Crippen LogP contribution in [-0.4, -0.2) is 0 Å². The Morgan fingerprint density at radius 1 is 0.905 bits per heavy atom. The van der Waals surface area contributed by atoms with Crippen LogP contribution < -0.4 is 0 Å². The monoisotopic (exact) mass is 286 g/mol. The molecule has 0 aromatic heterocycles. The van der Waals surface area contributed by atoms with E-state index in [9.17, 15) is 0 Å². The summed E-state index contributed by atoms with van der Waals surface area (Å²) >= 11 is 0. The first kappa shape index (κ1) is 18.0. The molecule has 0 radical (unpaired) electrons. The second-order valence-corrected chi connectivity index (χ2v) is 6.33. The Labute approximate surface area is 132 Å². The SMILES string of the molecule is C=Cc1c(C)c(CC)c(C(C)C(C)CC)c(CC)c1CC. The summed E-state index contributed by atoms with van der Waals surface area (Å²) in [7, 11) is 0. The summed E-state index contributed by atoms with van der Waals surface area (Å²) in [4.78, 5) is 0. The van der Waals surface area contributed by atoms with Crippen LogP contribution in [0, 0.1) is 12.8 Å².